The molecule has 0 radical (unpaired) electrons. The number of urea groups is 1. The molecule has 140 valence electrons. The average Bonchev–Trinajstić information content (AvgIpc) is 2.90. The van der Waals surface area contributed by atoms with Crippen LogP contribution in [0.5, 0.6) is 0 Å². The molecular weight excluding hydrogens is 366 g/mol. The van der Waals surface area contributed by atoms with E-state index in [4.69, 9.17) is 11.6 Å². The number of carbonyl (C=O) groups is 3. The third kappa shape index (κ3) is 3.80. The van der Waals surface area contributed by atoms with Crippen LogP contribution in [0.25, 0.3) is 0 Å². The van der Waals surface area contributed by atoms with Gasteiger partial charge in [-0.2, -0.15) is 0 Å². The van der Waals surface area contributed by atoms with E-state index >= 15 is 0 Å². The Morgan fingerprint density at radius 1 is 1.11 bits per heavy atom. The van der Waals surface area contributed by atoms with Gasteiger partial charge in [-0.1, -0.05) is 55.3 Å². The molecule has 2 aromatic carbocycles. The number of hydrogen-bond acceptors (Lipinski definition) is 3. The van der Waals surface area contributed by atoms with E-state index in [9.17, 15) is 14.4 Å². The lowest BCUT2D eigenvalue weighted by atomic mass is 9.85. The SMILES string of the molecule is CCCC1(c2ccccc2)NC(=O)N(CC(=O)Nc2ccc(Cl)cc2)C1=O. The maximum Gasteiger partial charge on any atom is 0.325 e. The highest BCUT2D eigenvalue weighted by Gasteiger charge is 2.52. The third-order valence-electron chi connectivity index (χ3n) is 4.50. The quantitative estimate of drug-likeness (QED) is 0.746. The Balaban J connectivity index is 1.78. The molecule has 1 fully saturated rings. The second kappa shape index (κ2) is 7.80. The van der Waals surface area contributed by atoms with Gasteiger partial charge < -0.3 is 10.6 Å². The van der Waals surface area contributed by atoms with Gasteiger partial charge in [0, 0.05) is 10.7 Å². The number of hydrogen-bond donors (Lipinski definition) is 2. The van der Waals surface area contributed by atoms with Crippen molar-refractivity contribution in [3.05, 3.63) is 65.2 Å². The molecule has 1 unspecified atom stereocenters. The fraction of sp³-hybridized carbons (Fsp3) is 0.250. The molecule has 1 aliphatic rings. The van der Waals surface area contributed by atoms with Crippen LogP contribution < -0.4 is 10.6 Å². The first-order valence-corrected chi connectivity index (χ1v) is 9.09. The van der Waals surface area contributed by atoms with Crippen LogP contribution in [0.3, 0.4) is 0 Å². The lowest BCUT2D eigenvalue weighted by molar-refractivity contribution is -0.134. The van der Waals surface area contributed by atoms with Crippen LogP contribution in [0.4, 0.5) is 10.5 Å². The lowest BCUT2D eigenvalue weighted by Crippen LogP contribution is -2.44. The van der Waals surface area contributed by atoms with Gasteiger partial charge in [-0.25, -0.2) is 4.79 Å². The number of benzene rings is 2. The second-order valence-electron chi connectivity index (χ2n) is 6.40. The molecule has 27 heavy (non-hydrogen) atoms. The van der Waals surface area contributed by atoms with Crippen molar-refractivity contribution in [2.24, 2.45) is 0 Å². The van der Waals surface area contributed by atoms with Crippen LogP contribution in [0, 0.1) is 0 Å². The van der Waals surface area contributed by atoms with Crippen LogP contribution >= 0.6 is 11.6 Å². The number of nitrogens with zero attached hydrogens (tertiary/aromatic N) is 1. The van der Waals surface area contributed by atoms with E-state index in [1.54, 1.807) is 24.3 Å². The van der Waals surface area contributed by atoms with Gasteiger partial charge in [0.2, 0.25) is 5.91 Å². The maximum absolute atomic E-state index is 13.1. The topological polar surface area (TPSA) is 78.5 Å². The summed E-state index contributed by atoms with van der Waals surface area (Å²) in [6.45, 7) is 1.59. The lowest BCUT2D eigenvalue weighted by Gasteiger charge is -2.26. The minimum Gasteiger partial charge on any atom is -0.325 e. The summed E-state index contributed by atoms with van der Waals surface area (Å²) in [6, 6.07) is 15.1. The molecule has 2 aromatic rings. The summed E-state index contributed by atoms with van der Waals surface area (Å²) in [5.74, 6) is -0.868. The zero-order valence-electron chi connectivity index (χ0n) is 14.9. The number of anilines is 1. The Hall–Kier alpha value is -2.86. The summed E-state index contributed by atoms with van der Waals surface area (Å²) < 4.78 is 0. The van der Waals surface area contributed by atoms with Crippen LogP contribution in [0.15, 0.2) is 54.6 Å². The minimum atomic E-state index is -1.13. The van der Waals surface area contributed by atoms with Crippen molar-refractivity contribution < 1.29 is 14.4 Å². The standard InChI is InChI=1S/C20H20ClN3O3/c1-2-12-20(14-6-4-3-5-7-14)18(26)24(19(27)23-20)13-17(25)22-16-10-8-15(21)9-11-16/h3-11H,2,12-13H2,1H3,(H,22,25)(H,23,27). The van der Waals surface area contributed by atoms with E-state index < -0.39 is 23.4 Å². The fourth-order valence-corrected chi connectivity index (χ4v) is 3.38. The van der Waals surface area contributed by atoms with Gasteiger partial charge in [-0.3, -0.25) is 14.5 Å². The Morgan fingerprint density at radius 2 is 1.78 bits per heavy atom. The molecule has 0 aliphatic carbocycles. The molecule has 3 rings (SSSR count). The van der Waals surface area contributed by atoms with E-state index in [1.165, 1.54) is 0 Å². The molecule has 0 aromatic heterocycles. The van der Waals surface area contributed by atoms with Crippen molar-refractivity contribution in [2.75, 3.05) is 11.9 Å². The Labute approximate surface area is 162 Å². The molecule has 4 amide bonds. The van der Waals surface area contributed by atoms with Crippen LogP contribution in [-0.2, 0) is 15.1 Å². The second-order valence-corrected chi connectivity index (χ2v) is 6.83. The highest BCUT2D eigenvalue weighted by atomic mass is 35.5. The van der Waals surface area contributed by atoms with Gasteiger partial charge in [0.05, 0.1) is 0 Å². The van der Waals surface area contributed by atoms with E-state index in [-0.39, 0.29) is 6.54 Å². The molecular formula is C20H20ClN3O3. The number of amides is 4. The predicted octanol–water partition coefficient (Wildman–Crippen LogP) is 3.53. The molecule has 1 heterocycles. The molecule has 1 aliphatic heterocycles. The van der Waals surface area contributed by atoms with E-state index in [0.29, 0.717) is 29.1 Å². The summed E-state index contributed by atoms with van der Waals surface area (Å²) in [7, 11) is 0. The zero-order valence-corrected chi connectivity index (χ0v) is 15.6. The monoisotopic (exact) mass is 385 g/mol. The maximum atomic E-state index is 13.1. The van der Waals surface area contributed by atoms with Crippen molar-refractivity contribution in [1.82, 2.24) is 10.2 Å². The van der Waals surface area contributed by atoms with Gasteiger partial charge in [-0.05, 0) is 36.2 Å². The summed E-state index contributed by atoms with van der Waals surface area (Å²) >= 11 is 5.82. The summed E-state index contributed by atoms with van der Waals surface area (Å²) in [5.41, 5.74) is 0.123. The van der Waals surface area contributed by atoms with Crippen molar-refractivity contribution in [3.63, 3.8) is 0 Å². The largest absolute Gasteiger partial charge is 0.325 e. The van der Waals surface area contributed by atoms with Gasteiger partial charge in [0.1, 0.15) is 12.1 Å². The van der Waals surface area contributed by atoms with Crippen molar-refractivity contribution in [2.45, 2.75) is 25.3 Å². The molecule has 2 N–H and O–H groups in total. The van der Waals surface area contributed by atoms with Crippen molar-refractivity contribution in [1.29, 1.82) is 0 Å². The Kier molecular flexibility index (Phi) is 5.46. The normalized spacial score (nSPS) is 19.1. The summed E-state index contributed by atoms with van der Waals surface area (Å²) in [4.78, 5) is 38.9. The van der Waals surface area contributed by atoms with Gasteiger partial charge in [0.25, 0.3) is 5.91 Å². The number of carbonyl (C=O) groups excluding carboxylic acids is 3. The Bertz CT molecular complexity index is 855. The van der Waals surface area contributed by atoms with E-state index in [0.717, 1.165) is 4.90 Å². The Morgan fingerprint density at radius 3 is 2.41 bits per heavy atom. The first-order valence-electron chi connectivity index (χ1n) is 8.71. The molecule has 1 saturated heterocycles. The van der Waals surface area contributed by atoms with E-state index in [1.807, 2.05) is 37.3 Å². The fourth-order valence-electron chi connectivity index (χ4n) is 3.25. The van der Waals surface area contributed by atoms with Crippen molar-refractivity contribution in [3.8, 4) is 0 Å². The minimum absolute atomic E-state index is 0.356. The van der Waals surface area contributed by atoms with Crippen molar-refractivity contribution >= 4 is 35.1 Å². The molecule has 0 bridgehead atoms. The third-order valence-corrected chi connectivity index (χ3v) is 4.75. The molecule has 7 heteroatoms. The average molecular weight is 386 g/mol. The van der Waals surface area contributed by atoms with Crippen LogP contribution in [0.2, 0.25) is 5.02 Å². The molecule has 0 spiro atoms. The first kappa shape index (κ1) is 18.9. The van der Waals surface area contributed by atoms with E-state index in [2.05, 4.69) is 10.6 Å². The van der Waals surface area contributed by atoms with Gasteiger partial charge in [0.15, 0.2) is 0 Å². The predicted molar refractivity (Wildman–Crippen MR) is 103 cm³/mol. The molecule has 1 atom stereocenters. The first-order chi connectivity index (χ1) is 13.0. The number of halogens is 1. The van der Waals surface area contributed by atoms with Gasteiger partial charge >= 0.3 is 6.03 Å². The van der Waals surface area contributed by atoms with Gasteiger partial charge in [-0.15, -0.1) is 0 Å². The molecule has 6 nitrogen and oxygen atoms in total. The summed E-state index contributed by atoms with van der Waals surface area (Å²) in [6.07, 6.45) is 1.16. The number of imide groups is 1. The van der Waals surface area contributed by atoms with Crippen LogP contribution in [-0.4, -0.2) is 29.3 Å². The number of rotatable bonds is 6. The zero-order chi connectivity index (χ0) is 19.4. The summed E-state index contributed by atoms with van der Waals surface area (Å²) in [5, 5.41) is 6.02. The highest BCUT2D eigenvalue weighted by Crippen LogP contribution is 2.33. The smallest absolute Gasteiger partial charge is 0.325 e. The molecule has 0 saturated carbocycles. The van der Waals surface area contributed by atoms with Crippen LogP contribution in [0.1, 0.15) is 25.3 Å². The number of nitrogens with one attached hydrogen (secondary N) is 2. The highest BCUT2D eigenvalue weighted by molar-refractivity contribution is 6.30.